The Hall–Kier alpha value is -1.47. The molecule has 0 radical (unpaired) electrons. The van der Waals surface area contributed by atoms with Crippen molar-refractivity contribution >= 4 is 5.78 Å². The maximum Gasteiger partial charge on any atom is 0.167 e. The Morgan fingerprint density at radius 2 is 1.76 bits per heavy atom. The third-order valence-electron chi connectivity index (χ3n) is 4.66. The zero-order chi connectivity index (χ0) is 15.5. The minimum absolute atomic E-state index is 0.0209. The summed E-state index contributed by atoms with van der Waals surface area (Å²) in [5.74, 6) is -2.24. The Morgan fingerprint density at radius 3 is 2.43 bits per heavy atom. The number of hydrogen-bond donors (Lipinski definition) is 5. The number of ketones is 1. The minimum Gasteiger partial charge on any atom is -0.508 e. The van der Waals surface area contributed by atoms with Crippen LogP contribution in [0.15, 0.2) is 12.1 Å². The number of aliphatic hydroxyl groups excluding tert-OH is 4. The van der Waals surface area contributed by atoms with Gasteiger partial charge in [-0.15, -0.1) is 0 Å². The molecule has 0 saturated heterocycles. The summed E-state index contributed by atoms with van der Waals surface area (Å²) in [5.41, 5.74) is 0.994. The number of rotatable bonds is 0. The number of phenolic OH excluding ortho intramolecular Hbond substituents is 1. The number of aromatic hydroxyl groups is 1. The van der Waals surface area contributed by atoms with Gasteiger partial charge in [0.2, 0.25) is 0 Å². The van der Waals surface area contributed by atoms with Crippen LogP contribution in [0.3, 0.4) is 0 Å². The highest BCUT2D eigenvalue weighted by molar-refractivity contribution is 6.01. The van der Waals surface area contributed by atoms with Gasteiger partial charge in [-0.05, 0) is 31.0 Å². The molecular weight excluding hydrogens is 276 g/mol. The molecule has 5 N–H and O–H groups in total. The van der Waals surface area contributed by atoms with Crippen molar-refractivity contribution in [1.82, 2.24) is 0 Å². The summed E-state index contributed by atoms with van der Waals surface area (Å²) in [6.07, 6.45) is -5.33. The summed E-state index contributed by atoms with van der Waals surface area (Å²) >= 11 is 0. The fourth-order valence-corrected chi connectivity index (χ4v) is 3.62. The molecule has 0 spiro atoms. The Labute approximate surface area is 121 Å². The van der Waals surface area contributed by atoms with E-state index < -0.39 is 36.3 Å². The Balaban J connectivity index is 2.14. The van der Waals surface area contributed by atoms with Crippen molar-refractivity contribution in [3.8, 4) is 5.75 Å². The third kappa shape index (κ3) is 1.98. The molecule has 3 rings (SSSR count). The molecule has 21 heavy (non-hydrogen) atoms. The van der Waals surface area contributed by atoms with Crippen LogP contribution in [0.2, 0.25) is 0 Å². The van der Waals surface area contributed by atoms with E-state index in [1.807, 2.05) is 0 Å². The second kappa shape index (κ2) is 4.78. The maximum atomic E-state index is 12.6. The third-order valence-corrected chi connectivity index (χ3v) is 4.66. The van der Waals surface area contributed by atoms with Crippen LogP contribution in [-0.4, -0.2) is 49.6 Å². The summed E-state index contributed by atoms with van der Waals surface area (Å²) < 4.78 is 0. The van der Waals surface area contributed by atoms with E-state index in [1.54, 1.807) is 13.0 Å². The summed E-state index contributed by atoms with van der Waals surface area (Å²) in [6.45, 7) is 1.72. The number of benzene rings is 1. The van der Waals surface area contributed by atoms with Crippen molar-refractivity contribution in [1.29, 1.82) is 0 Å². The van der Waals surface area contributed by atoms with Crippen molar-refractivity contribution in [3.63, 3.8) is 0 Å². The second-order valence-corrected chi connectivity index (χ2v) is 6.02. The molecule has 6 nitrogen and oxygen atoms in total. The van der Waals surface area contributed by atoms with Crippen molar-refractivity contribution in [2.75, 3.05) is 0 Å². The van der Waals surface area contributed by atoms with Gasteiger partial charge in [0.05, 0.1) is 18.3 Å². The Kier molecular flexibility index (Phi) is 3.29. The zero-order valence-corrected chi connectivity index (χ0v) is 11.5. The Bertz CT molecular complexity index is 598. The number of Topliss-reactive ketones (excluding diaryl/α,β-unsaturated/α-hetero) is 1. The fourth-order valence-electron chi connectivity index (χ4n) is 3.62. The molecule has 0 bridgehead atoms. The average molecular weight is 294 g/mol. The number of hydrogen-bond acceptors (Lipinski definition) is 6. The normalized spacial score (nSPS) is 38.8. The lowest BCUT2D eigenvalue weighted by Crippen LogP contribution is -2.55. The van der Waals surface area contributed by atoms with Crippen LogP contribution in [0.25, 0.3) is 0 Å². The topological polar surface area (TPSA) is 118 Å². The van der Waals surface area contributed by atoms with Crippen LogP contribution in [-0.2, 0) is 0 Å². The molecule has 0 aromatic heterocycles. The summed E-state index contributed by atoms with van der Waals surface area (Å²) in [5, 5.41) is 50.1. The number of aliphatic hydroxyl groups is 4. The van der Waals surface area contributed by atoms with Crippen molar-refractivity contribution in [2.45, 2.75) is 37.8 Å². The molecule has 0 heterocycles. The predicted molar refractivity (Wildman–Crippen MR) is 71.8 cm³/mol. The van der Waals surface area contributed by atoms with Crippen LogP contribution in [0, 0.1) is 18.8 Å². The van der Waals surface area contributed by atoms with E-state index in [9.17, 15) is 30.3 Å². The number of fused-ring (bicyclic) bond motifs is 2. The second-order valence-electron chi connectivity index (χ2n) is 6.02. The highest BCUT2D eigenvalue weighted by atomic mass is 16.4. The fraction of sp³-hybridized carbons (Fsp3) is 0.533. The van der Waals surface area contributed by atoms with E-state index in [1.165, 1.54) is 6.07 Å². The molecule has 1 fully saturated rings. The first-order valence-corrected chi connectivity index (χ1v) is 6.93. The number of carbonyl (C=O) groups excluding carboxylic acids is 1. The molecular formula is C15H18O6. The van der Waals surface area contributed by atoms with E-state index in [2.05, 4.69) is 0 Å². The van der Waals surface area contributed by atoms with Gasteiger partial charge in [0.25, 0.3) is 0 Å². The zero-order valence-electron chi connectivity index (χ0n) is 11.5. The van der Waals surface area contributed by atoms with Crippen LogP contribution < -0.4 is 0 Å². The van der Waals surface area contributed by atoms with E-state index in [4.69, 9.17) is 0 Å². The largest absolute Gasteiger partial charge is 0.508 e. The predicted octanol–water partition coefficient (Wildman–Crippen LogP) is -0.351. The van der Waals surface area contributed by atoms with Gasteiger partial charge in [-0.1, -0.05) is 0 Å². The lowest BCUT2D eigenvalue weighted by molar-refractivity contribution is -0.150. The molecule has 6 atom stereocenters. The molecule has 0 amide bonds. The van der Waals surface area contributed by atoms with Crippen molar-refractivity contribution < 1.29 is 30.3 Å². The first-order chi connectivity index (χ1) is 9.82. The van der Waals surface area contributed by atoms with Gasteiger partial charge >= 0.3 is 0 Å². The number of phenols is 1. The van der Waals surface area contributed by atoms with Gasteiger partial charge in [-0.3, -0.25) is 4.79 Å². The van der Waals surface area contributed by atoms with Crippen molar-refractivity contribution in [2.24, 2.45) is 11.8 Å². The van der Waals surface area contributed by atoms with E-state index in [0.29, 0.717) is 5.56 Å². The average Bonchev–Trinajstić information content (AvgIpc) is 2.41. The summed E-state index contributed by atoms with van der Waals surface area (Å²) in [6, 6.07) is 3.02. The van der Waals surface area contributed by atoms with Gasteiger partial charge < -0.3 is 25.5 Å². The molecule has 114 valence electrons. The van der Waals surface area contributed by atoms with Gasteiger partial charge in [-0.25, -0.2) is 0 Å². The van der Waals surface area contributed by atoms with Gasteiger partial charge in [0.15, 0.2) is 5.78 Å². The van der Waals surface area contributed by atoms with Gasteiger partial charge in [0.1, 0.15) is 11.9 Å². The molecule has 1 saturated carbocycles. The lowest BCUT2D eigenvalue weighted by Gasteiger charge is -2.45. The highest BCUT2D eigenvalue weighted by Gasteiger charge is 2.53. The summed E-state index contributed by atoms with van der Waals surface area (Å²) in [4.78, 5) is 12.6. The molecule has 2 aliphatic rings. The monoisotopic (exact) mass is 294 g/mol. The molecule has 1 aromatic rings. The van der Waals surface area contributed by atoms with Crippen LogP contribution >= 0.6 is 0 Å². The standard InChI is InChI=1S/C15H18O6/c1-5-2-6-10(8(16)3-5)14(20)11-7(12(6)18)4-9(17)13(19)15(11)21/h2-3,7,9,11,13-17,19-21H,4H2,1H3/t7-,9+,11-,13-,14-,15-/m0/s1. The van der Waals surface area contributed by atoms with E-state index in [-0.39, 0.29) is 29.1 Å². The first kappa shape index (κ1) is 14.5. The Morgan fingerprint density at radius 1 is 1.10 bits per heavy atom. The van der Waals surface area contributed by atoms with Crippen LogP contribution in [0.5, 0.6) is 5.75 Å². The van der Waals surface area contributed by atoms with Gasteiger partial charge in [-0.2, -0.15) is 0 Å². The van der Waals surface area contributed by atoms with Crippen molar-refractivity contribution in [3.05, 3.63) is 28.8 Å². The van der Waals surface area contributed by atoms with Gasteiger partial charge in [0, 0.05) is 23.0 Å². The van der Waals surface area contributed by atoms with E-state index in [0.717, 1.165) is 0 Å². The highest BCUT2D eigenvalue weighted by Crippen LogP contribution is 2.48. The number of aryl methyl sites for hydroxylation is 1. The molecule has 6 heteroatoms. The lowest BCUT2D eigenvalue weighted by atomic mass is 9.63. The van der Waals surface area contributed by atoms with E-state index >= 15 is 0 Å². The smallest absolute Gasteiger partial charge is 0.167 e. The maximum absolute atomic E-state index is 12.6. The minimum atomic E-state index is -1.42. The molecule has 2 aliphatic carbocycles. The van der Waals surface area contributed by atoms with Crippen LogP contribution in [0.4, 0.5) is 0 Å². The molecule has 1 aromatic carbocycles. The first-order valence-electron chi connectivity index (χ1n) is 6.93. The quantitative estimate of drug-likeness (QED) is 0.446. The molecule has 0 unspecified atom stereocenters. The SMILES string of the molecule is Cc1cc(O)c2c(c1)C(=O)[C@H]1C[C@@H](O)[C@H](O)[C@@H](O)[C@@H]1[C@H]2O. The number of carbonyl (C=O) groups is 1. The summed E-state index contributed by atoms with van der Waals surface area (Å²) in [7, 11) is 0. The van der Waals surface area contributed by atoms with Crippen LogP contribution in [0.1, 0.15) is 34.0 Å². The molecule has 0 aliphatic heterocycles.